The van der Waals surface area contributed by atoms with Crippen LogP contribution in [-0.4, -0.2) is 36.0 Å². The molecule has 1 aliphatic heterocycles. The molecular formula is C12H17ClN2O2S. The van der Waals surface area contributed by atoms with Gasteiger partial charge in [0, 0.05) is 17.1 Å². The van der Waals surface area contributed by atoms with Crippen LogP contribution < -0.4 is 10.6 Å². The Bertz CT molecular complexity index is 400. The molecule has 2 atom stereocenters. The van der Waals surface area contributed by atoms with E-state index in [1.807, 2.05) is 30.5 Å². The summed E-state index contributed by atoms with van der Waals surface area (Å²) in [6.45, 7) is 0.490. The van der Waals surface area contributed by atoms with Gasteiger partial charge in [-0.2, -0.15) is 0 Å². The monoisotopic (exact) mass is 288 g/mol. The van der Waals surface area contributed by atoms with E-state index in [-0.39, 0.29) is 24.4 Å². The average Bonchev–Trinajstić information content (AvgIpc) is 2.77. The predicted octanol–water partition coefficient (Wildman–Crippen LogP) is 1.49. The molecule has 1 heterocycles. The first kappa shape index (κ1) is 15.3. The molecule has 1 fully saturated rings. The molecule has 2 unspecified atom stereocenters. The number of carbonyl (C=O) groups excluding carboxylic acids is 1. The van der Waals surface area contributed by atoms with Crippen LogP contribution in [0, 0.1) is 0 Å². The lowest BCUT2D eigenvalue weighted by molar-refractivity contribution is -0.117. The van der Waals surface area contributed by atoms with Gasteiger partial charge in [0.1, 0.15) is 0 Å². The van der Waals surface area contributed by atoms with Crippen LogP contribution in [0.5, 0.6) is 0 Å². The number of anilines is 1. The summed E-state index contributed by atoms with van der Waals surface area (Å²) in [7, 11) is 0. The van der Waals surface area contributed by atoms with Crippen LogP contribution in [0.3, 0.4) is 0 Å². The van der Waals surface area contributed by atoms with E-state index in [0.29, 0.717) is 13.0 Å². The highest BCUT2D eigenvalue weighted by Crippen LogP contribution is 2.18. The van der Waals surface area contributed by atoms with Crippen LogP contribution in [0.25, 0.3) is 0 Å². The maximum absolute atomic E-state index is 11.8. The summed E-state index contributed by atoms with van der Waals surface area (Å²) < 4.78 is 0. The quantitative estimate of drug-likeness (QED) is 0.738. The minimum atomic E-state index is -0.412. The van der Waals surface area contributed by atoms with Crippen LogP contribution in [0.1, 0.15) is 6.42 Å². The summed E-state index contributed by atoms with van der Waals surface area (Å²) in [5.74, 6) is -0.0848. The Kier molecular flexibility index (Phi) is 5.95. The third-order valence-electron chi connectivity index (χ3n) is 2.78. The summed E-state index contributed by atoms with van der Waals surface area (Å²) in [6, 6.07) is 7.42. The first-order chi connectivity index (χ1) is 8.19. The van der Waals surface area contributed by atoms with Crippen LogP contribution in [0.2, 0.25) is 0 Å². The minimum absolute atomic E-state index is 0. The molecule has 6 heteroatoms. The lowest BCUT2D eigenvalue weighted by atomic mass is 10.2. The third-order valence-corrected chi connectivity index (χ3v) is 3.53. The maximum Gasteiger partial charge on any atom is 0.241 e. The molecule has 0 bridgehead atoms. The number of benzene rings is 1. The van der Waals surface area contributed by atoms with Gasteiger partial charge in [-0.15, -0.1) is 24.2 Å². The molecule has 2 rings (SSSR count). The Morgan fingerprint density at radius 1 is 1.44 bits per heavy atom. The minimum Gasteiger partial charge on any atom is -0.392 e. The molecule has 1 amide bonds. The number of aliphatic hydroxyl groups is 1. The molecule has 1 aliphatic rings. The molecule has 100 valence electrons. The van der Waals surface area contributed by atoms with Gasteiger partial charge < -0.3 is 15.7 Å². The van der Waals surface area contributed by atoms with Crippen molar-refractivity contribution in [2.24, 2.45) is 0 Å². The second-order valence-electron chi connectivity index (χ2n) is 4.07. The maximum atomic E-state index is 11.8. The molecule has 0 radical (unpaired) electrons. The normalized spacial score (nSPS) is 22.3. The molecule has 0 saturated carbocycles. The van der Waals surface area contributed by atoms with E-state index in [4.69, 9.17) is 0 Å². The van der Waals surface area contributed by atoms with E-state index in [0.717, 1.165) is 10.6 Å². The van der Waals surface area contributed by atoms with E-state index in [1.54, 1.807) is 11.8 Å². The van der Waals surface area contributed by atoms with Crippen molar-refractivity contribution in [3.05, 3.63) is 24.3 Å². The Balaban J connectivity index is 0.00000162. The summed E-state index contributed by atoms with van der Waals surface area (Å²) in [5, 5.41) is 15.2. The SMILES string of the molecule is CSc1ccc(NC(=O)C2CC(O)CN2)cc1.Cl. The fraction of sp³-hybridized carbons (Fsp3) is 0.417. The number of hydrogen-bond acceptors (Lipinski definition) is 4. The van der Waals surface area contributed by atoms with Gasteiger partial charge in [-0.3, -0.25) is 4.79 Å². The van der Waals surface area contributed by atoms with E-state index in [1.165, 1.54) is 0 Å². The molecule has 1 aromatic carbocycles. The van der Waals surface area contributed by atoms with Gasteiger partial charge in [0.05, 0.1) is 12.1 Å². The van der Waals surface area contributed by atoms with Crippen molar-refractivity contribution < 1.29 is 9.90 Å². The first-order valence-electron chi connectivity index (χ1n) is 5.55. The largest absolute Gasteiger partial charge is 0.392 e. The molecule has 1 aromatic rings. The Morgan fingerprint density at radius 3 is 2.61 bits per heavy atom. The smallest absolute Gasteiger partial charge is 0.241 e. The fourth-order valence-electron chi connectivity index (χ4n) is 1.82. The fourth-order valence-corrected chi connectivity index (χ4v) is 2.23. The number of rotatable bonds is 3. The number of aliphatic hydroxyl groups excluding tert-OH is 1. The summed E-state index contributed by atoms with van der Waals surface area (Å²) in [5.41, 5.74) is 0.788. The second kappa shape index (κ2) is 6.99. The summed E-state index contributed by atoms with van der Waals surface area (Å²) >= 11 is 1.66. The van der Waals surface area contributed by atoms with Crippen molar-refractivity contribution in [1.29, 1.82) is 0 Å². The number of carbonyl (C=O) groups is 1. The number of amides is 1. The van der Waals surface area contributed by atoms with Crippen LogP contribution in [-0.2, 0) is 4.79 Å². The Hall–Kier alpha value is -0.750. The number of thioether (sulfide) groups is 1. The van der Waals surface area contributed by atoms with Gasteiger partial charge in [-0.05, 0) is 36.9 Å². The highest BCUT2D eigenvalue weighted by molar-refractivity contribution is 7.98. The van der Waals surface area contributed by atoms with Crippen LogP contribution >= 0.6 is 24.2 Å². The van der Waals surface area contributed by atoms with Crippen molar-refractivity contribution >= 4 is 35.8 Å². The topological polar surface area (TPSA) is 61.4 Å². The van der Waals surface area contributed by atoms with Gasteiger partial charge in [-0.1, -0.05) is 0 Å². The summed E-state index contributed by atoms with van der Waals surface area (Å²) in [6.07, 6.45) is 2.08. The van der Waals surface area contributed by atoms with E-state index < -0.39 is 6.10 Å². The molecule has 0 aliphatic carbocycles. The van der Waals surface area contributed by atoms with Crippen LogP contribution in [0.4, 0.5) is 5.69 Å². The zero-order chi connectivity index (χ0) is 12.3. The zero-order valence-electron chi connectivity index (χ0n) is 10.1. The lowest BCUT2D eigenvalue weighted by Crippen LogP contribution is -2.35. The zero-order valence-corrected chi connectivity index (χ0v) is 11.7. The van der Waals surface area contributed by atoms with Crippen LogP contribution in [0.15, 0.2) is 29.2 Å². The van der Waals surface area contributed by atoms with Gasteiger partial charge in [0.2, 0.25) is 5.91 Å². The first-order valence-corrected chi connectivity index (χ1v) is 6.78. The lowest BCUT2D eigenvalue weighted by Gasteiger charge is -2.11. The highest BCUT2D eigenvalue weighted by atomic mass is 35.5. The standard InChI is InChI=1S/C12H16N2O2S.ClH/c1-17-10-4-2-8(3-5-10)14-12(16)11-6-9(15)7-13-11;/h2-5,9,11,13,15H,6-7H2,1H3,(H,14,16);1H. The summed E-state index contributed by atoms with van der Waals surface area (Å²) in [4.78, 5) is 13.0. The van der Waals surface area contributed by atoms with Gasteiger partial charge in [0.25, 0.3) is 0 Å². The van der Waals surface area contributed by atoms with Gasteiger partial charge in [0.15, 0.2) is 0 Å². The number of hydrogen-bond donors (Lipinski definition) is 3. The predicted molar refractivity (Wildman–Crippen MR) is 76.5 cm³/mol. The van der Waals surface area contributed by atoms with E-state index in [2.05, 4.69) is 10.6 Å². The van der Waals surface area contributed by atoms with E-state index >= 15 is 0 Å². The molecule has 0 aromatic heterocycles. The number of halogens is 1. The molecule has 0 spiro atoms. The van der Waals surface area contributed by atoms with Gasteiger partial charge >= 0.3 is 0 Å². The Labute approximate surface area is 117 Å². The Morgan fingerprint density at radius 2 is 2.11 bits per heavy atom. The molecule has 1 saturated heterocycles. The molecule has 3 N–H and O–H groups in total. The van der Waals surface area contributed by atoms with Crippen molar-refractivity contribution in [1.82, 2.24) is 5.32 Å². The highest BCUT2D eigenvalue weighted by Gasteiger charge is 2.27. The number of nitrogens with one attached hydrogen (secondary N) is 2. The molecule has 4 nitrogen and oxygen atoms in total. The van der Waals surface area contributed by atoms with Crippen molar-refractivity contribution in [3.8, 4) is 0 Å². The average molecular weight is 289 g/mol. The second-order valence-corrected chi connectivity index (χ2v) is 4.95. The van der Waals surface area contributed by atoms with Crippen molar-refractivity contribution in [3.63, 3.8) is 0 Å². The van der Waals surface area contributed by atoms with Crippen molar-refractivity contribution in [2.75, 3.05) is 18.1 Å². The molecular weight excluding hydrogens is 272 g/mol. The third kappa shape index (κ3) is 3.88. The number of β-amino-alcohol motifs (C(OH)–C–C–N with tert-alkyl or cyclic N) is 1. The van der Waals surface area contributed by atoms with Gasteiger partial charge in [-0.25, -0.2) is 0 Å². The molecule has 18 heavy (non-hydrogen) atoms. The van der Waals surface area contributed by atoms with E-state index in [9.17, 15) is 9.90 Å². The van der Waals surface area contributed by atoms with Crippen molar-refractivity contribution in [2.45, 2.75) is 23.5 Å².